The fourth-order valence-electron chi connectivity index (χ4n) is 12.2. The summed E-state index contributed by atoms with van der Waals surface area (Å²) < 4.78 is 34.4. The van der Waals surface area contributed by atoms with Crippen molar-refractivity contribution >= 4 is 63.5 Å². The molecule has 0 heterocycles. The first-order valence-electron chi connectivity index (χ1n) is 37.3. The van der Waals surface area contributed by atoms with Crippen LogP contribution in [0.5, 0.6) is 23.0 Å². The Morgan fingerprint density at radius 2 is 0.585 bits per heavy atom. The quantitative estimate of drug-likeness (QED) is 0.0202. The average Bonchev–Trinajstić information content (AvgIpc) is 0.782. The minimum Gasteiger partial charge on any atom is -0.448 e. The van der Waals surface area contributed by atoms with Crippen LogP contribution >= 0.6 is 23.2 Å². The number of carbonyl (C=O) groups is 5. The number of nitro benzene ring substituents is 2. The van der Waals surface area contributed by atoms with Gasteiger partial charge in [0.05, 0.1) is 21.7 Å². The van der Waals surface area contributed by atoms with Crippen molar-refractivity contribution in [2.24, 2.45) is 0 Å². The summed E-state index contributed by atoms with van der Waals surface area (Å²) in [5, 5.41) is 24.1. The zero-order chi connectivity index (χ0) is 83.8. The Balaban J connectivity index is 0.000000158. The molecule has 0 aromatic heterocycles. The number of carbonyl (C=O) groups excluding carboxylic acids is 5. The van der Waals surface area contributed by atoms with Gasteiger partial charge in [-0.05, 0) is 92.6 Å². The van der Waals surface area contributed by atoms with Crippen molar-refractivity contribution in [1.29, 1.82) is 0 Å². The van der Waals surface area contributed by atoms with Gasteiger partial charge in [0.25, 0.3) is 17.2 Å². The van der Waals surface area contributed by atoms with Gasteiger partial charge in [0, 0.05) is 80.9 Å². The van der Waals surface area contributed by atoms with Crippen LogP contribution in [0, 0.1) is 34.1 Å². The number of halogens is 2. The van der Waals surface area contributed by atoms with Crippen LogP contribution in [0.25, 0.3) is 0 Å². The van der Waals surface area contributed by atoms with Gasteiger partial charge in [0.15, 0.2) is 11.6 Å². The van der Waals surface area contributed by atoms with Crippen LogP contribution in [0.4, 0.5) is 11.4 Å². The SMILES string of the molecule is COC(C)(OC)C(=O)c1ccccc1.Cc1ccc(OC(Oc2ccc(C)cc2)C(=O)c2ccccc2)cc1.O=C(c1ccccc1)C(Oc1ccccc1)(Oc1ccccc1)c1ccccc1.O=C(c1ccccc1)C(c1ccccc1Cl)c1ccccc1Cl.O=C(c1ccccc1)C(c1ccccc1[N+](=O)[O-])c1ccccc1[N+](=O)[O-]. The van der Waals surface area contributed by atoms with E-state index in [2.05, 4.69) is 0 Å². The van der Waals surface area contributed by atoms with Crippen molar-refractivity contribution in [1.82, 2.24) is 0 Å². The van der Waals surface area contributed by atoms with E-state index in [1.807, 2.05) is 263 Å². The third-order valence-electron chi connectivity index (χ3n) is 18.5. The molecule has 0 bridgehead atoms. The number of hydrogen-bond acceptors (Lipinski definition) is 15. The summed E-state index contributed by atoms with van der Waals surface area (Å²) in [5.74, 6) is -3.46. The lowest BCUT2D eigenvalue weighted by molar-refractivity contribution is -0.386. The zero-order valence-electron chi connectivity index (χ0n) is 65.0. The van der Waals surface area contributed by atoms with E-state index in [1.54, 1.807) is 110 Å². The van der Waals surface area contributed by atoms with Crippen molar-refractivity contribution in [2.45, 2.75) is 50.5 Å². The first-order valence-corrected chi connectivity index (χ1v) is 38.0. The lowest BCUT2D eigenvalue weighted by Gasteiger charge is -2.33. The fourth-order valence-corrected chi connectivity index (χ4v) is 12.7. The lowest BCUT2D eigenvalue weighted by atomic mass is 9.83. The second kappa shape index (κ2) is 42.9. The van der Waals surface area contributed by atoms with Gasteiger partial charge in [0.2, 0.25) is 17.4 Å². The number of ether oxygens (including phenoxy) is 6. The molecular weight excluding hydrogens is 1530 g/mol. The Bertz CT molecular complexity index is 5410. The highest BCUT2D eigenvalue weighted by Crippen LogP contribution is 2.41. The van der Waals surface area contributed by atoms with E-state index in [1.165, 1.54) is 50.6 Å². The minimum absolute atomic E-state index is 0.0215. The number of nitrogens with zero attached hydrogens (tertiary/aromatic N) is 2. The van der Waals surface area contributed by atoms with E-state index >= 15 is 0 Å². The second-order valence-corrected chi connectivity index (χ2v) is 27.3. The topological polar surface area (TPSA) is 227 Å². The molecule has 0 spiro atoms. The molecule has 0 saturated carbocycles. The number of para-hydroxylation sites is 4. The van der Waals surface area contributed by atoms with Crippen molar-refractivity contribution in [2.75, 3.05) is 14.2 Å². The third-order valence-corrected chi connectivity index (χ3v) is 19.2. The first-order chi connectivity index (χ1) is 57.2. The van der Waals surface area contributed by atoms with Crippen molar-refractivity contribution in [3.63, 3.8) is 0 Å². The molecule has 0 fully saturated rings. The van der Waals surface area contributed by atoms with Gasteiger partial charge in [-0.25, -0.2) is 0 Å². The molecule has 0 aliphatic heterocycles. The predicted octanol–water partition coefficient (Wildman–Crippen LogP) is 23.3. The molecule has 0 aliphatic carbocycles. The maximum Gasteiger partial charge on any atom is 0.344 e. The molecule has 0 atom stereocenters. The molecule has 118 heavy (non-hydrogen) atoms. The average molecular weight is 1610 g/mol. The maximum atomic E-state index is 13.8. The second-order valence-electron chi connectivity index (χ2n) is 26.5. The van der Waals surface area contributed by atoms with Gasteiger partial charge < -0.3 is 28.4 Å². The molecule has 592 valence electrons. The molecule has 0 aliphatic rings. The smallest absolute Gasteiger partial charge is 0.344 e. The maximum absolute atomic E-state index is 13.8. The Morgan fingerprint density at radius 1 is 0.314 bits per heavy atom. The monoisotopic (exact) mass is 1610 g/mol. The van der Waals surface area contributed by atoms with E-state index in [4.69, 9.17) is 51.6 Å². The molecular formula is C99H82Cl2N2O15. The number of ketones is 5. The predicted molar refractivity (Wildman–Crippen MR) is 459 cm³/mol. The summed E-state index contributed by atoms with van der Waals surface area (Å²) in [6.45, 7) is 5.60. The van der Waals surface area contributed by atoms with Crippen LogP contribution in [-0.4, -0.2) is 65.1 Å². The third kappa shape index (κ3) is 23.1. The van der Waals surface area contributed by atoms with Crippen LogP contribution in [0.2, 0.25) is 10.0 Å². The van der Waals surface area contributed by atoms with Crippen LogP contribution in [-0.2, 0) is 15.3 Å². The Hall–Kier alpha value is -14.1. The normalized spacial score (nSPS) is 10.8. The lowest BCUT2D eigenvalue weighted by Crippen LogP contribution is -2.47. The number of benzene rings is 14. The Morgan fingerprint density at radius 3 is 0.915 bits per heavy atom. The Kier molecular flexibility index (Phi) is 31.4. The van der Waals surface area contributed by atoms with E-state index in [-0.39, 0.29) is 45.6 Å². The van der Waals surface area contributed by atoms with Crippen LogP contribution in [0.3, 0.4) is 0 Å². The van der Waals surface area contributed by atoms with Crippen molar-refractivity contribution in [3.8, 4) is 23.0 Å². The summed E-state index contributed by atoms with van der Waals surface area (Å²) in [7, 11) is 2.90. The molecule has 14 rings (SSSR count). The van der Waals surface area contributed by atoms with E-state index in [9.17, 15) is 44.2 Å². The van der Waals surface area contributed by atoms with Crippen molar-refractivity contribution in [3.05, 3.63) is 485 Å². The molecule has 0 unspecified atom stereocenters. The Labute approximate surface area is 694 Å². The van der Waals surface area contributed by atoms with Gasteiger partial charge in [-0.15, -0.1) is 0 Å². The highest BCUT2D eigenvalue weighted by Gasteiger charge is 2.47. The van der Waals surface area contributed by atoms with Gasteiger partial charge in [-0.3, -0.25) is 44.2 Å². The minimum atomic E-state index is -1.68. The van der Waals surface area contributed by atoms with Crippen LogP contribution < -0.4 is 18.9 Å². The van der Waals surface area contributed by atoms with E-state index in [0.717, 1.165) is 22.3 Å². The van der Waals surface area contributed by atoms with Gasteiger partial charge in [-0.1, -0.05) is 350 Å². The summed E-state index contributed by atoms with van der Waals surface area (Å²) in [4.78, 5) is 86.7. The van der Waals surface area contributed by atoms with E-state index < -0.39 is 45.3 Å². The highest BCUT2D eigenvalue weighted by molar-refractivity contribution is 6.33. The molecule has 17 nitrogen and oxygen atoms in total. The van der Waals surface area contributed by atoms with Gasteiger partial charge >= 0.3 is 12.1 Å². The number of Topliss-reactive ketones (excluding diaryl/α,β-unsaturated/α-hetero) is 5. The molecule has 14 aromatic rings. The number of aryl methyl sites for hydroxylation is 2. The van der Waals surface area contributed by atoms with Crippen LogP contribution in [0.15, 0.2) is 388 Å². The number of nitro groups is 2. The number of rotatable bonds is 27. The fraction of sp³-hybridized carbons (Fsp3) is 0.101. The molecule has 19 heteroatoms. The van der Waals surface area contributed by atoms with Crippen molar-refractivity contribution < 1.29 is 62.2 Å². The number of hydrogen-bond donors (Lipinski definition) is 0. The summed E-state index contributed by atoms with van der Waals surface area (Å²) in [6.07, 6.45) is -1.05. The molecule has 14 aromatic carbocycles. The number of methoxy groups -OCH3 is 2. The summed E-state index contributed by atoms with van der Waals surface area (Å²) in [6, 6.07) is 114. The molecule has 0 amide bonds. The zero-order valence-corrected chi connectivity index (χ0v) is 66.5. The summed E-state index contributed by atoms with van der Waals surface area (Å²) >= 11 is 12.7. The summed E-state index contributed by atoms with van der Waals surface area (Å²) in [5.41, 5.74) is 6.68. The first kappa shape index (κ1) is 86.3. The largest absolute Gasteiger partial charge is 0.448 e. The standard InChI is InChI=1S/C26H20O3.C22H20O3.C20H14Cl2O.C20H14N2O5.C11H14O3/c27-25(21-13-5-1-6-14-21)26(22-15-7-2-8-16-22,28-23-17-9-3-10-18-23)29-24-19-11-4-12-20-24;1-16-8-12-19(13-9-16)24-22(21(23)18-6-4-3-5-7-18)25-20-14-10-17(2)11-15-20;21-17-12-6-4-10-15(17)19(16-11-5-7-13-18(16)22)20(23)14-8-2-1-3-9-14;23-20(14-8-2-1-3-9-14)19(15-10-4-6-12-17(15)21(24)25)16-11-5-7-13-18(16)22(26)27;1-11(13-2,14-3)10(12)9-7-5-4-6-8-9/h1-20H;3-15,22H,1-2H3;1-13,19H;1-13,19H;4-8H,1-3H3. The molecule has 0 radical (unpaired) electrons. The highest BCUT2D eigenvalue weighted by atomic mass is 35.5. The van der Waals surface area contributed by atoms with Gasteiger partial charge in [0.1, 0.15) is 23.0 Å². The van der Waals surface area contributed by atoms with Gasteiger partial charge in [-0.2, -0.15) is 0 Å². The molecule has 0 N–H and O–H groups in total. The molecule has 0 saturated heterocycles. The van der Waals surface area contributed by atoms with E-state index in [0.29, 0.717) is 66.4 Å². The van der Waals surface area contributed by atoms with Crippen LogP contribution in [0.1, 0.15) is 109 Å².